The summed E-state index contributed by atoms with van der Waals surface area (Å²) in [5.74, 6) is 1.27. The van der Waals surface area contributed by atoms with Crippen molar-refractivity contribution in [3.8, 4) is 0 Å². The lowest BCUT2D eigenvalue weighted by Crippen LogP contribution is -2.15. The monoisotopic (exact) mass is 288 g/mol. The van der Waals surface area contributed by atoms with Gasteiger partial charge < -0.3 is 9.67 Å². The number of aromatic nitrogens is 2. The van der Waals surface area contributed by atoms with Crippen LogP contribution in [0.2, 0.25) is 0 Å². The Balaban J connectivity index is 2.53. The van der Waals surface area contributed by atoms with Gasteiger partial charge in [0.15, 0.2) is 0 Å². The predicted octanol–water partition coefficient (Wildman–Crippen LogP) is 3.98. The Kier molecular flexibility index (Phi) is 4.66. The summed E-state index contributed by atoms with van der Waals surface area (Å²) in [7, 11) is 0. The first-order chi connectivity index (χ1) is 9.93. The average Bonchev–Trinajstić information content (AvgIpc) is 2.76. The number of imidazole rings is 1. The zero-order valence-corrected chi connectivity index (χ0v) is 13.3. The zero-order valence-electron chi connectivity index (χ0n) is 13.3. The van der Waals surface area contributed by atoms with Gasteiger partial charge in [0.05, 0.1) is 16.6 Å². The molecule has 1 N–H and O–H groups in total. The van der Waals surface area contributed by atoms with Gasteiger partial charge in [-0.05, 0) is 36.5 Å². The van der Waals surface area contributed by atoms with E-state index in [9.17, 15) is 9.90 Å². The molecule has 1 aromatic heterocycles. The van der Waals surface area contributed by atoms with Gasteiger partial charge in [0, 0.05) is 13.0 Å². The number of carbonyl (C=O) groups is 1. The van der Waals surface area contributed by atoms with E-state index in [4.69, 9.17) is 0 Å². The number of aromatic carboxylic acids is 1. The molecule has 0 saturated carbocycles. The number of carboxylic acids is 1. The van der Waals surface area contributed by atoms with Crippen LogP contribution in [0.15, 0.2) is 18.2 Å². The van der Waals surface area contributed by atoms with Crippen molar-refractivity contribution in [2.24, 2.45) is 11.8 Å². The van der Waals surface area contributed by atoms with Crippen LogP contribution in [-0.2, 0) is 13.0 Å². The average molecular weight is 288 g/mol. The molecule has 0 bridgehead atoms. The van der Waals surface area contributed by atoms with Gasteiger partial charge >= 0.3 is 5.97 Å². The van der Waals surface area contributed by atoms with Crippen LogP contribution in [0.3, 0.4) is 0 Å². The first-order valence-corrected chi connectivity index (χ1v) is 7.66. The predicted molar refractivity (Wildman–Crippen MR) is 84.7 cm³/mol. The lowest BCUT2D eigenvalue weighted by molar-refractivity contribution is 0.0697. The Labute approximate surface area is 125 Å². The van der Waals surface area contributed by atoms with Crippen LogP contribution < -0.4 is 0 Å². The molecule has 1 unspecified atom stereocenters. The summed E-state index contributed by atoms with van der Waals surface area (Å²) < 4.78 is 2.20. The van der Waals surface area contributed by atoms with Gasteiger partial charge in [0.2, 0.25) is 0 Å². The lowest BCUT2D eigenvalue weighted by atomic mass is 9.98. The molecule has 0 aliphatic rings. The molecule has 1 heterocycles. The third-order valence-electron chi connectivity index (χ3n) is 4.16. The van der Waals surface area contributed by atoms with Gasteiger partial charge in [-0.3, -0.25) is 0 Å². The number of benzene rings is 1. The molecule has 0 aliphatic carbocycles. The van der Waals surface area contributed by atoms with Crippen molar-refractivity contribution in [2.75, 3.05) is 0 Å². The van der Waals surface area contributed by atoms with Gasteiger partial charge in [-0.25, -0.2) is 9.78 Å². The number of hydrogen-bond acceptors (Lipinski definition) is 2. The largest absolute Gasteiger partial charge is 0.478 e. The molecule has 1 atom stereocenters. The number of aryl methyl sites for hydroxylation is 1. The van der Waals surface area contributed by atoms with E-state index in [2.05, 4.69) is 37.2 Å². The maximum absolute atomic E-state index is 11.2. The van der Waals surface area contributed by atoms with Crippen LogP contribution in [0.1, 0.15) is 50.3 Å². The Bertz CT molecular complexity index is 644. The van der Waals surface area contributed by atoms with Gasteiger partial charge in [-0.1, -0.05) is 27.7 Å². The number of carboxylic acid groups (broad SMARTS) is 1. The minimum absolute atomic E-state index is 0.323. The third kappa shape index (κ3) is 3.26. The third-order valence-corrected chi connectivity index (χ3v) is 4.16. The Morgan fingerprint density at radius 3 is 2.62 bits per heavy atom. The molecular formula is C17H24N2O2. The number of hydrogen-bond donors (Lipinski definition) is 1. The topological polar surface area (TPSA) is 55.1 Å². The summed E-state index contributed by atoms with van der Waals surface area (Å²) in [5, 5.41) is 9.19. The summed E-state index contributed by atoms with van der Waals surface area (Å²) in [6.07, 6.45) is 1.95. The van der Waals surface area contributed by atoms with E-state index in [1.165, 1.54) is 0 Å². The van der Waals surface area contributed by atoms with Crippen LogP contribution >= 0.6 is 0 Å². The molecule has 0 aliphatic heterocycles. The second kappa shape index (κ2) is 6.29. The fraction of sp³-hybridized carbons (Fsp3) is 0.529. The first kappa shape index (κ1) is 15.5. The van der Waals surface area contributed by atoms with E-state index in [0.29, 0.717) is 17.4 Å². The molecule has 4 nitrogen and oxygen atoms in total. The Morgan fingerprint density at radius 2 is 2.05 bits per heavy atom. The molecule has 2 rings (SSSR count). The second-order valence-electron chi connectivity index (χ2n) is 6.12. The van der Waals surface area contributed by atoms with E-state index in [0.717, 1.165) is 36.2 Å². The summed E-state index contributed by atoms with van der Waals surface area (Å²) in [6, 6.07) is 5.19. The van der Waals surface area contributed by atoms with Crippen molar-refractivity contribution in [3.63, 3.8) is 0 Å². The van der Waals surface area contributed by atoms with E-state index in [-0.39, 0.29) is 0 Å². The van der Waals surface area contributed by atoms with E-state index in [1.54, 1.807) is 12.1 Å². The maximum Gasteiger partial charge on any atom is 0.335 e. The van der Waals surface area contributed by atoms with Crippen LogP contribution in [0, 0.1) is 11.8 Å². The first-order valence-electron chi connectivity index (χ1n) is 7.66. The van der Waals surface area contributed by atoms with Gasteiger partial charge in [0.25, 0.3) is 0 Å². The summed E-state index contributed by atoms with van der Waals surface area (Å²) in [6.45, 7) is 9.68. The Morgan fingerprint density at radius 1 is 1.33 bits per heavy atom. The summed E-state index contributed by atoms with van der Waals surface area (Å²) in [4.78, 5) is 15.9. The zero-order chi connectivity index (χ0) is 15.6. The molecule has 0 spiro atoms. The fourth-order valence-electron chi connectivity index (χ4n) is 2.42. The molecule has 1 aromatic carbocycles. The highest BCUT2D eigenvalue weighted by molar-refractivity contribution is 5.92. The van der Waals surface area contributed by atoms with Gasteiger partial charge in [-0.15, -0.1) is 0 Å². The minimum atomic E-state index is -0.890. The highest BCUT2D eigenvalue weighted by Gasteiger charge is 2.16. The Hall–Kier alpha value is -1.84. The standard InChI is InChI=1S/C17H24N2O2/c1-5-6-16-18-14-8-7-13(17(20)21)9-15(14)19(16)10-12(4)11(2)3/h7-9,11-12H,5-6,10H2,1-4H3,(H,20,21). The second-order valence-corrected chi connectivity index (χ2v) is 6.12. The minimum Gasteiger partial charge on any atom is -0.478 e. The molecule has 114 valence electrons. The smallest absolute Gasteiger partial charge is 0.335 e. The van der Waals surface area contributed by atoms with Crippen molar-refractivity contribution in [1.29, 1.82) is 0 Å². The van der Waals surface area contributed by atoms with E-state index < -0.39 is 5.97 Å². The SMILES string of the molecule is CCCc1nc2ccc(C(=O)O)cc2n1CC(C)C(C)C. The molecule has 2 aromatic rings. The number of fused-ring (bicyclic) bond motifs is 1. The summed E-state index contributed by atoms with van der Waals surface area (Å²) in [5.41, 5.74) is 2.15. The van der Waals surface area contributed by atoms with E-state index in [1.807, 2.05) is 6.07 Å². The molecule has 0 amide bonds. The molecule has 4 heteroatoms. The molecule has 0 radical (unpaired) electrons. The lowest BCUT2D eigenvalue weighted by Gasteiger charge is -2.18. The summed E-state index contributed by atoms with van der Waals surface area (Å²) >= 11 is 0. The van der Waals surface area contributed by atoms with Crippen molar-refractivity contribution in [2.45, 2.75) is 47.1 Å². The highest BCUT2D eigenvalue weighted by atomic mass is 16.4. The quantitative estimate of drug-likeness (QED) is 0.874. The van der Waals surface area contributed by atoms with Gasteiger partial charge in [0.1, 0.15) is 5.82 Å². The van der Waals surface area contributed by atoms with Crippen LogP contribution in [0.5, 0.6) is 0 Å². The number of nitrogens with zero attached hydrogens (tertiary/aromatic N) is 2. The van der Waals surface area contributed by atoms with Crippen LogP contribution in [0.4, 0.5) is 0 Å². The fourth-order valence-corrected chi connectivity index (χ4v) is 2.42. The molecular weight excluding hydrogens is 264 g/mol. The van der Waals surface area contributed by atoms with Crippen molar-refractivity contribution >= 4 is 17.0 Å². The molecule has 21 heavy (non-hydrogen) atoms. The van der Waals surface area contributed by atoms with Crippen molar-refractivity contribution < 1.29 is 9.90 Å². The van der Waals surface area contributed by atoms with E-state index >= 15 is 0 Å². The van der Waals surface area contributed by atoms with Crippen molar-refractivity contribution in [3.05, 3.63) is 29.6 Å². The van der Waals surface area contributed by atoms with Crippen LogP contribution in [-0.4, -0.2) is 20.6 Å². The highest BCUT2D eigenvalue weighted by Crippen LogP contribution is 2.23. The van der Waals surface area contributed by atoms with Crippen molar-refractivity contribution in [1.82, 2.24) is 9.55 Å². The molecule has 0 fully saturated rings. The van der Waals surface area contributed by atoms with Gasteiger partial charge in [-0.2, -0.15) is 0 Å². The number of rotatable bonds is 6. The maximum atomic E-state index is 11.2. The normalized spacial score (nSPS) is 13.0. The van der Waals surface area contributed by atoms with Crippen LogP contribution in [0.25, 0.3) is 11.0 Å². The molecule has 0 saturated heterocycles.